The SMILES string of the molecule is CC(C)(O)C1CC[C@](C)([C@H]2C(O)C[C@@]3(C)C4C[C@H](O)C5C(C)(C)C(O)CCC56CC46CCC23C)O1. The Balaban J connectivity index is 1.37. The zero-order valence-electron chi connectivity index (χ0n) is 23.1. The smallest absolute Gasteiger partial charge is 0.0865 e. The van der Waals surface area contributed by atoms with Crippen molar-refractivity contribution in [3.05, 3.63) is 0 Å². The molecule has 0 aromatic heterocycles. The monoisotopic (exact) mass is 490 g/mol. The Labute approximate surface area is 212 Å². The van der Waals surface area contributed by atoms with E-state index < -0.39 is 23.4 Å². The summed E-state index contributed by atoms with van der Waals surface area (Å²) in [4.78, 5) is 0. The molecule has 12 atom stereocenters. The van der Waals surface area contributed by atoms with Crippen LogP contribution in [0.2, 0.25) is 0 Å². The van der Waals surface area contributed by atoms with Crippen LogP contribution in [-0.2, 0) is 4.74 Å². The van der Waals surface area contributed by atoms with Gasteiger partial charge in [0.05, 0.1) is 35.6 Å². The minimum Gasteiger partial charge on any atom is -0.393 e. The van der Waals surface area contributed by atoms with Crippen molar-refractivity contribution >= 4 is 0 Å². The summed E-state index contributed by atoms with van der Waals surface area (Å²) in [5, 5.41) is 45.0. The fourth-order valence-corrected chi connectivity index (χ4v) is 12.1. The van der Waals surface area contributed by atoms with Gasteiger partial charge in [-0.25, -0.2) is 0 Å². The molecule has 1 aliphatic heterocycles. The molecule has 0 amide bonds. The van der Waals surface area contributed by atoms with Crippen LogP contribution in [0.4, 0.5) is 0 Å². The third-order valence-electron chi connectivity index (χ3n) is 13.8. The molecule has 1 saturated heterocycles. The van der Waals surface area contributed by atoms with Crippen molar-refractivity contribution in [1.29, 1.82) is 0 Å². The Bertz CT molecular complexity index is 911. The number of rotatable bonds is 2. The first-order valence-electron chi connectivity index (χ1n) is 14.4. The van der Waals surface area contributed by atoms with Crippen LogP contribution in [0.15, 0.2) is 0 Å². The van der Waals surface area contributed by atoms with E-state index >= 15 is 0 Å². The summed E-state index contributed by atoms with van der Waals surface area (Å²) in [6, 6.07) is 0. The van der Waals surface area contributed by atoms with Crippen LogP contribution >= 0.6 is 0 Å². The normalized spacial score (nSPS) is 60.9. The quantitative estimate of drug-likeness (QED) is 0.460. The first-order valence-corrected chi connectivity index (χ1v) is 14.4. The number of aliphatic hydroxyl groups is 4. The molecule has 6 fully saturated rings. The fraction of sp³-hybridized carbons (Fsp3) is 1.00. The van der Waals surface area contributed by atoms with Gasteiger partial charge in [0.25, 0.3) is 0 Å². The van der Waals surface area contributed by atoms with E-state index in [4.69, 9.17) is 4.74 Å². The molecule has 1 heterocycles. The van der Waals surface area contributed by atoms with E-state index in [1.54, 1.807) is 0 Å². The Morgan fingerprint density at radius 1 is 0.771 bits per heavy atom. The lowest BCUT2D eigenvalue weighted by molar-refractivity contribution is -0.213. The van der Waals surface area contributed by atoms with Crippen molar-refractivity contribution in [2.24, 2.45) is 44.8 Å². The van der Waals surface area contributed by atoms with Crippen LogP contribution in [-0.4, -0.2) is 56.0 Å². The Morgan fingerprint density at radius 3 is 2.09 bits per heavy atom. The number of hydrogen-bond donors (Lipinski definition) is 4. The van der Waals surface area contributed by atoms with Gasteiger partial charge >= 0.3 is 0 Å². The summed E-state index contributed by atoms with van der Waals surface area (Å²) in [6.45, 7) is 15.0. The zero-order valence-corrected chi connectivity index (χ0v) is 23.1. The highest BCUT2D eigenvalue weighted by molar-refractivity contribution is 5.33. The van der Waals surface area contributed by atoms with Crippen LogP contribution in [0.5, 0.6) is 0 Å². The Morgan fingerprint density at radius 2 is 1.46 bits per heavy atom. The molecular formula is C30H50O5. The number of ether oxygens (including phenoxy) is 1. The Hall–Kier alpha value is -0.200. The predicted molar refractivity (Wildman–Crippen MR) is 134 cm³/mol. The summed E-state index contributed by atoms with van der Waals surface area (Å²) >= 11 is 0. The fourth-order valence-electron chi connectivity index (χ4n) is 12.1. The minimum absolute atomic E-state index is 0.0267. The van der Waals surface area contributed by atoms with Gasteiger partial charge in [-0.1, -0.05) is 27.7 Å². The van der Waals surface area contributed by atoms with Crippen molar-refractivity contribution in [3.8, 4) is 0 Å². The minimum atomic E-state index is -0.886. The van der Waals surface area contributed by atoms with E-state index in [-0.39, 0.29) is 51.1 Å². The first kappa shape index (κ1) is 25.1. The molecule has 0 aromatic carbocycles. The molecule has 0 bridgehead atoms. The van der Waals surface area contributed by atoms with Crippen LogP contribution in [0.25, 0.3) is 0 Å². The van der Waals surface area contributed by atoms with E-state index in [1.807, 2.05) is 13.8 Å². The maximum Gasteiger partial charge on any atom is 0.0865 e. The molecule has 6 aliphatic rings. The van der Waals surface area contributed by atoms with Crippen molar-refractivity contribution in [3.63, 3.8) is 0 Å². The molecule has 2 spiro atoms. The maximum atomic E-state index is 11.7. The highest BCUT2D eigenvalue weighted by Gasteiger charge is 2.84. The second-order valence-corrected chi connectivity index (χ2v) is 15.9. The van der Waals surface area contributed by atoms with E-state index in [0.29, 0.717) is 5.92 Å². The molecule has 5 nitrogen and oxygen atoms in total. The van der Waals surface area contributed by atoms with Crippen molar-refractivity contribution in [2.75, 3.05) is 0 Å². The molecule has 4 N–H and O–H groups in total. The van der Waals surface area contributed by atoms with Gasteiger partial charge in [0.1, 0.15) is 0 Å². The van der Waals surface area contributed by atoms with Gasteiger partial charge in [-0.15, -0.1) is 0 Å². The molecular weight excluding hydrogens is 440 g/mol. The van der Waals surface area contributed by atoms with E-state index in [2.05, 4.69) is 34.6 Å². The lowest BCUT2D eigenvalue weighted by Crippen LogP contribution is -2.62. The van der Waals surface area contributed by atoms with Crippen molar-refractivity contribution < 1.29 is 25.2 Å². The third-order valence-corrected chi connectivity index (χ3v) is 13.8. The highest BCUT2D eigenvalue weighted by Crippen LogP contribution is 2.89. The van der Waals surface area contributed by atoms with Crippen LogP contribution in [0.3, 0.4) is 0 Å². The molecule has 0 radical (unpaired) electrons. The highest BCUT2D eigenvalue weighted by atomic mass is 16.5. The van der Waals surface area contributed by atoms with Crippen LogP contribution in [0.1, 0.15) is 106 Å². The summed E-state index contributed by atoms with van der Waals surface area (Å²) < 4.78 is 6.66. The van der Waals surface area contributed by atoms with Gasteiger partial charge in [0.15, 0.2) is 0 Å². The zero-order chi connectivity index (χ0) is 25.6. The maximum absolute atomic E-state index is 11.7. The average molecular weight is 491 g/mol. The van der Waals surface area contributed by atoms with Gasteiger partial charge in [0, 0.05) is 5.92 Å². The molecule has 5 saturated carbocycles. The van der Waals surface area contributed by atoms with Crippen molar-refractivity contribution in [1.82, 2.24) is 0 Å². The summed E-state index contributed by atoms with van der Waals surface area (Å²) in [5.74, 6) is 0.577. The second kappa shape index (κ2) is 6.86. The lowest BCUT2D eigenvalue weighted by atomic mass is 9.41. The first-order chi connectivity index (χ1) is 16.0. The number of fused-ring (bicyclic) bond motifs is 2. The lowest BCUT2D eigenvalue weighted by Gasteiger charge is -2.64. The van der Waals surface area contributed by atoms with Crippen LogP contribution < -0.4 is 0 Å². The standard InChI is InChI=1S/C30H50O5/c1-24(2)20(33)8-11-30-16-29(30)13-12-26(5)23(28(7)10-9-21(35-28)25(3,4)34)18(32)15-27(26,6)19(29)14-17(31)22(24)30/h17-23,31-34H,8-16H2,1-7H3/t17-,18?,19?,20?,21?,22?,23-,26?,27-,28+,29?,30?/m0/s1. The largest absolute Gasteiger partial charge is 0.393 e. The molecule has 5 heteroatoms. The van der Waals surface area contributed by atoms with Gasteiger partial charge in [0.2, 0.25) is 0 Å². The van der Waals surface area contributed by atoms with Gasteiger partial charge in [-0.3, -0.25) is 0 Å². The van der Waals surface area contributed by atoms with Gasteiger partial charge < -0.3 is 25.2 Å². The van der Waals surface area contributed by atoms with E-state index in [1.165, 1.54) is 6.42 Å². The summed E-state index contributed by atoms with van der Waals surface area (Å²) in [5.41, 5.74) is -1.35. The number of hydrogen-bond acceptors (Lipinski definition) is 5. The van der Waals surface area contributed by atoms with E-state index in [9.17, 15) is 20.4 Å². The van der Waals surface area contributed by atoms with Gasteiger partial charge in [-0.05, 0) is 117 Å². The van der Waals surface area contributed by atoms with Crippen LogP contribution in [0, 0.1) is 44.8 Å². The topological polar surface area (TPSA) is 90.2 Å². The second-order valence-electron chi connectivity index (χ2n) is 15.9. The average Bonchev–Trinajstić information content (AvgIpc) is 3.08. The summed E-state index contributed by atoms with van der Waals surface area (Å²) in [6.07, 6.45) is 7.18. The Kier molecular flexibility index (Phi) is 4.92. The summed E-state index contributed by atoms with van der Waals surface area (Å²) in [7, 11) is 0. The number of aliphatic hydroxyl groups excluding tert-OH is 3. The molecule has 200 valence electrons. The van der Waals surface area contributed by atoms with Gasteiger partial charge in [-0.2, -0.15) is 0 Å². The third kappa shape index (κ3) is 2.78. The molecule has 35 heavy (non-hydrogen) atoms. The molecule has 6 rings (SSSR count). The predicted octanol–water partition coefficient (Wildman–Crippen LogP) is 4.44. The molecule has 8 unspecified atom stereocenters. The molecule has 5 aliphatic carbocycles. The molecule has 0 aromatic rings. The van der Waals surface area contributed by atoms with Crippen molar-refractivity contribution in [2.45, 2.75) is 142 Å². The van der Waals surface area contributed by atoms with E-state index in [0.717, 1.165) is 51.4 Å².